The topological polar surface area (TPSA) is 17.1 Å². The van der Waals surface area contributed by atoms with Gasteiger partial charge in [-0.05, 0) is 25.0 Å². The summed E-state index contributed by atoms with van der Waals surface area (Å²) in [5.41, 5.74) is 2.14. The van der Waals surface area contributed by atoms with Crippen LogP contribution in [0.3, 0.4) is 0 Å². The first-order valence-electron chi connectivity index (χ1n) is 3.48. The number of rotatable bonds is 1. The Labute approximate surface area is 81.3 Å². The molecule has 64 valence electrons. The highest BCUT2D eigenvalue weighted by atomic mass is 35.5. The molecule has 0 aliphatic heterocycles. The third kappa shape index (κ3) is 1.47. The van der Waals surface area contributed by atoms with Gasteiger partial charge in [-0.15, -0.1) is 0 Å². The minimum Gasteiger partial charge on any atom is -0.298 e. The van der Waals surface area contributed by atoms with Crippen LogP contribution in [0.1, 0.15) is 21.5 Å². The summed E-state index contributed by atoms with van der Waals surface area (Å²) < 4.78 is 0. The summed E-state index contributed by atoms with van der Waals surface area (Å²) in [5, 5.41) is 0.890. The molecule has 0 aliphatic rings. The minimum atomic E-state index is 0.385. The number of aldehydes is 1. The van der Waals surface area contributed by atoms with Crippen molar-refractivity contribution in [3.8, 4) is 0 Å². The predicted molar refractivity (Wildman–Crippen MR) is 51.3 cm³/mol. The van der Waals surface area contributed by atoms with E-state index in [2.05, 4.69) is 0 Å². The first-order valence-corrected chi connectivity index (χ1v) is 4.24. The number of carbonyl (C=O) groups is 1. The summed E-state index contributed by atoms with van der Waals surface area (Å²) in [6.07, 6.45) is 0.685. The normalized spacial score (nSPS) is 10.0. The average Bonchev–Trinajstić information content (AvgIpc) is 2.02. The zero-order chi connectivity index (χ0) is 9.30. The minimum absolute atomic E-state index is 0.385. The second-order valence-electron chi connectivity index (χ2n) is 2.67. The Hall–Kier alpha value is -0.530. The summed E-state index contributed by atoms with van der Waals surface area (Å²) >= 11 is 11.7. The molecule has 3 heteroatoms. The van der Waals surface area contributed by atoms with Crippen LogP contribution in [0.15, 0.2) is 6.07 Å². The molecule has 0 aromatic heterocycles. The summed E-state index contributed by atoms with van der Waals surface area (Å²) in [7, 11) is 0. The summed E-state index contributed by atoms with van der Waals surface area (Å²) in [6.45, 7) is 3.69. The van der Waals surface area contributed by atoms with E-state index in [0.717, 1.165) is 11.1 Å². The Kier molecular flexibility index (Phi) is 2.76. The van der Waals surface area contributed by atoms with Gasteiger partial charge in [0.05, 0.1) is 15.6 Å². The Bertz CT molecular complexity index is 306. The van der Waals surface area contributed by atoms with Gasteiger partial charge in [0.1, 0.15) is 0 Å². The lowest BCUT2D eigenvalue weighted by atomic mass is 10.1. The first kappa shape index (κ1) is 9.56. The smallest absolute Gasteiger partial charge is 0.153 e. The summed E-state index contributed by atoms with van der Waals surface area (Å²) in [6, 6.07) is 1.86. The highest BCUT2D eigenvalue weighted by molar-refractivity contribution is 6.39. The molecular weight excluding hydrogens is 195 g/mol. The zero-order valence-electron chi connectivity index (χ0n) is 6.82. The quantitative estimate of drug-likeness (QED) is 0.639. The van der Waals surface area contributed by atoms with Crippen LogP contribution in [0.2, 0.25) is 10.0 Å². The molecule has 12 heavy (non-hydrogen) atoms. The van der Waals surface area contributed by atoms with Gasteiger partial charge in [0.25, 0.3) is 0 Å². The van der Waals surface area contributed by atoms with Crippen LogP contribution in [0.4, 0.5) is 0 Å². The van der Waals surface area contributed by atoms with Gasteiger partial charge in [-0.2, -0.15) is 0 Å². The molecule has 0 aliphatic carbocycles. The number of hydrogen-bond acceptors (Lipinski definition) is 1. The van der Waals surface area contributed by atoms with Crippen LogP contribution < -0.4 is 0 Å². The van der Waals surface area contributed by atoms with Crippen LogP contribution in [-0.4, -0.2) is 6.29 Å². The van der Waals surface area contributed by atoms with E-state index in [0.29, 0.717) is 21.9 Å². The number of aryl methyl sites for hydroxylation is 2. The fraction of sp³-hybridized carbons (Fsp3) is 0.222. The lowest BCUT2D eigenvalue weighted by Gasteiger charge is -2.06. The lowest BCUT2D eigenvalue weighted by Crippen LogP contribution is -1.90. The van der Waals surface area contributed by atoms with Gasteiger partial charge >= 0.3 is 0 Å². The molecule has 1 rings (SSSR count). The van der Waals surface area contributed by atoms with Gasteiger partial charge < -0.3 is 0 Å². The number of benzene rings is 1. The first-order chi connectivity index (χ1) is 5.57. The SMILES string of the molecule is Cc1cc(C)c(Cl)c(C=O)c1Cl. The van der Waals surface area contributed by atoms with Gasteiger partial charge in [0.2, 0.25) is 0 Å². The summed E-state index contributed by atoms with van der Waals surface area (Å²) in [4.78, 5) is 10.6. The second-order valence-corrected chi connectivity index (χ2v) is 3.43. The molecule has 1 aromatic carbocycles. The van der Waals surface area contributed by atoms with Crippen molar-refractivity contribution >= 4 is 29.5 Å². The van der Waals surface area contributed by atoms with Crippen LogP contribution in [0.5, 0.6) is 0 Å². The largest absolute Gasteiger partial charge is 0.298 e. The van der Waals surface area contributed by atoms with Crippen molar-refractivity contribution in [1.29, 1.82) is 0 Å². The van der Waals surface area contributed by atoms with E-state index in [1.807, 2.05) is 19.9 Å². The standard InChI is InChI=1S/C9H8Cl2O/c1-5-3-6(2)9(11)7(4-12)8(5)10/h3-4H,1-2H3. The maximum atomic E-state index is 10.6. The highest BCUT2D eigenvalue weighted by Crippen LogP contribution is 2.29. The molecule has 1 nitrogen and oxygen atoms in total. The molecule has 0 fully saturated rings. The Balaban J connectivity index is 3.52. The van der Waals surface area contributed by atoms with Crippen molar-refractivity contribution in [2.75, 3.05) is 0 Å². The van der Waals surface area contributed by atoms with Crippen LogP contribution in [-0.2, 0) is 0 Å². The number of hydrogen-bond donors (Lipinski definition) is 0. The highest BCUT2D eigenvalue weighted by Gasteiger charge is 2.09. The molecule has 0 radical (unpaired) electrons. The molecule has 0 unspecified atom stereocenters. The van der Waals surface area contributed by atoms with Gasteiger partial charge in [-0.25, -0.2) is 0 Å². The van der Waals surface area contributed by atoms with Crippen molar-refractivity contribution in [3.05, 3.63) is 32.8 Å². The molecular formula is C9H8Cl2O. The number of carbonyl (C=O) groups excluding carboxylic acids is 1. The van der Waals surface area contributed by atoms with Crippen LogP contribution >= 0.6 is 23.2 Å². The maximum absolute atomic E-state index is 10.6. The van der Waals surface area contributed by atoms with Crippen molar-refractivity contribution in [2.45, 2.75) is 13.8 Å². The lowest BCUT2D eigenvalue weighted by molar-refractivity contribution is 0.112. The number of halogens is 2. The van der Waals surface area contributed by atoms with E-state index < -0.39 is 0 Å². The van der Waals surface area contributed by atoms with Crippen molar-refractivity contribution in [1.82, 2.24) is 0 Å². The van der Waals surface area contributed by atoms with E-state index in [1.165, 1.54) is 0 Å². The predicted octanol–water partition coefficient (Wildman–Crippen LogP) is 3.42. The molecule has 1 aromatic rings. The summed E-state index contributed by atoms with van der Waals surface area (Å²) in [5.74, 6) is 0. The van der Waals surface area contributed by atoms with Gasteiger partial charge in [-0.3, -0.25) is 4.79 Å². The second kappa shape index (κ2) is 3.46. The van der Waals surface area contributed by atoms with Crippen molar-refractivity contribution in [3.63, 3.8) is 0 Å². The van der Waals surface area contributed by atoms with E-state index >= 15 is 0 Å². The van der Waals surface area contributed by atoms with E-state index in [-0.39, 0.29) is 0 Å². The Morgan fingerprint density at radius 1 is 1.17 bits per heavy atom. The van der Waals surface area contributed by atoms with Crippen molar-refractivity contribution < 1.29 is 4.79 Å². The zero-order valence-corrected chi connectivity index (χ0v) is 8.33. The third-order valence-electron chi connectivity index (χ3n) is 1.72. The van der Waals surface area contributed by atoms with E-state index in [1.54, 1.807) is 0 Å². The van der Waals surface area contributed by atoms with Crippen molar-refractivity contribution in [2.24, 2.45) is 0 Å². The maximum Gasteiger partial charge on any atom is 0.153 e. The van der Waals surface area contributed by atoms with Crippen LogP contribution in [0, 0.1) is 13.8 Å². The molecule has 0 saturated carbocycles. The fourth-order valence-electron chi connectivity index (χ4n) is 1.08. The molecule has 0 amide bonds. The fourth-order valence-corrected chi connectivity index (χ4v) is 1.51. The van der Waals surface area contributed by atoms with E-state index in [4.69, 9.17) is 23.2 Å². The molecule has 0 N–H and O–H groups in total. The monoisotopic (exact) mass is 202 g/mol. The Morgan fingerprint density at radius 2 is 1.58 bits per heavy atom. The molecule has 0 atom stereocenters. The van der Waals surface area contributed by atoms with Gasteiger partial charge in [0, 0.05) is 0 Å². The average molecular weight is 203 g/mol. The van der Waals surface area contributed by atoms with Crippen LogP contribution in [0.25, 0.3) is 0 Å². The molecule has 0 spiro atoms. The third-order valence-corrected chi connectivity index (χ3v) is 2.72. The molecule has 0 bridgehead atoms. The van der Waals surface area contributed by atoms with Gasteiger partial charge in [0.15, 0.2) is 6.29 Å². The van der Waals surface area contributed by atoms with Gasteiger partial charge in [-0.1, -0.05) is 29.3 Å². The van der Waals surface area contributed by atoms with E-state index in [9.17, 15) is 4.79 Å². The Morgan fingerprint density at radius 3 is 1.92 bits per heavy atom. The molecule has 0 saturated heterocycles. The molecule has 0 heterocycles.